The molecule has 1 rings (SSSR count). The highest BCUT2D eigenvalue weighted by Gasteiger charge is 2.34. The molecule has 0 aliphatic carbocycles. The van der Waals surface area contributed by atoms with Crippen LogP contribution in [0.5, 0.6) is 5.75 Å². The number of benzene rings is 1. The highest BCUT2D eigenvalue weighted by Crippen LogP contribution is 2.34. The molecule has 0 fully saturated rings. The molecule has 7 heteroatoms. The monoisotopic (exact) mass is 307 g/mol. The molecule has 1 aromatic rings. The molecule has 20 heavy (non-hydrogen) atoms. The van der Waals surface area contributed by atoms with Gasteiger partial charge in [0.05, 0.1) is 18.3 Å². The predicted molar refractivity (Wildman–Crippen MR) is 73.9 cm³/mol. The van der Waals surface area contributed by atoms with Crippen LogP contribution in [0.2, 0.25) is 0 Å². The topological polar surface area (TPSA) is 44.5 Å². The van der Waals surface area contributed by atoms with Gasteiger partial charge in [-0.15, -0.1) is 0 Å². The zero-order chi connectivity index (χ0) is 15.3. The first-order chi connectivity index (χ1) is 9.21. The van der Waals surface area contributed by atoms with E-state index in [1.54, 1.807) is 0 Å². The van der Waals surface area contributed by atoms with E-state index < -0.39 is 11.7 Å². The number of halogens is 3. The van der Waals surface area contributed by atoms with Gasteiger partial charge in [0.25, 0.3) is 0 Å². The summed E-state index contributed by atoms with van der Waals surface area (Å²) in [7, 11) is 0. The van der Waals surface area contributed by atoms with Gasteiger partial charge in [-0.3, -0.25) is 0 Å². The molecule has 3 nitrogen and oxygen atoms in total. The Morgan fingerprint density at radius 2 is 1.95 bits per heavy atom. The molecule has 0 bridgehead atoms. The summed E-state index contributed by atoms with van der Waals surface area (Å²) >= 11 is 4.61. The van der Waals surface area contributed by atoms with Gasteiger partial charge < -0.3 is 15.2 Å². The van der Waals surface area contributed by atoms with Gasteiger partial charge in [0.2, 0.25) is 0 Å². The molecular formula is C13H16F3NO2S. The van der Waals surface area contributed by atoms with Crippen molar-refractivity contribution in [2.75, 3.05) is 13.2 Å². The third kappa shape index (κ3) is 4.97. The molecule has 0 saturated carbocycles. The average Bonchev–Trinajstić information content (AvgIpc) is 2.33. The fourth-order valence-electron chi connectivity index (χ4n) is 1.51. The fraction of sp³-hybridized carbons (Fsp3) is 0.462. The Morgan fingerprint density at radius 1 is 1.30 bits per heavy atom. The molecule has 0 spiro atoms. The summed E-state index contributed by atoms with van der Waals surface area (Å²) in [6.07, 6.45) is -4.49. The summed E-state index contributed by atoms with van der Waals surface area (Å²) in [5, 5.41) is 0. The van der Waals surface area contributed by atoms with E-state index in [1.807, 2.05) is 13.8 Å². The minimum absolute atomic E-state index is 0.0429. The van der Waals surface area contributed by atoms with Gasteiger partial charge in [-0.25, -0.2) is 0 Å². The van der Waals surface area contributed by atoms with Crippen molar-refractivity contribution in [1.82, 2.24) is 0 Å². The second-order valence-corrected chi connectivity index (χ2v) is 4.78. The Balaban J connectivity index is 2.83. The quantitative estimate of drug-likeness (QED) is 0.648. The normalized spacial score (nSPS) is 11.7. The van der Waals surface area contributed by atoms with Gasteiger partial charge in [-0.2, -0.15) is 13.2 Å². The molecule has 0 unspecified atom stereocenters. The van der Waals surface area contributed by atoms with Crippen LogP contribution >= 0.6 is 12.2 Å². The zero-order valence-electron chi connectivity index (χ0n) is 11.2. The Morgan fingerprint density at radius 3 is 2.45 bits per heavy atom. The van der Waals surface area contributed by atoms with Gasteiger partial charge in [-0.1, -0.05) is 12.2 Å². The van der Waals surface area contributed by atoms with Gasteiger partial charge in [0.1, 0.15) is 17.3 Å². The van der Waals surface area contributed by atoms with Crippen LogP contribution in [-0.4, -0.2) is 24.3 Å². The largest absolute Gasteiger partial charge is 0.491 e. The van der Waals surface area contributed by atoms with Crippen molar-refractivity contribution >= 4 is 17.2 Å². The van der Waals surface area contributed by atoms with Gasteiger partial charge >= 0.3 is 6.18 Å². The molecule has 0 atom stereocenters. The first-order valence-corrected chi connectivity index (χ1v) is 6.38. The fourth-order valence-corrected chi connectivity index (χ4v) is 1.68. The summed E-state index contributed by atoms with van der Waals surface area (Å²) in [5.41, 5.74) is 4.18. The number of rotatable bonds is 6. The van der Waals surface area contributed by atoms with Crippen LogP contribution in [0.3, 0.4) is 0 Å². The maximum atomic E-state index is 12.9. The smallest absolute Gasteiger partial charge is 0.417 e. The third-order valence-corrected chi connectivity index (χ3v) is 2.59. The van der Waals surface area contributed by atoms with Gasteiger partial charge in [-0.05, 0) is 32.0 Å². The van der Waals surface area contributed by atoms with E-state index in [0.717, 1.165) is 6.07 Å². The van der Waals surface area contributed by atoms with Crippen LogP contribution in [0.4, 0.5) is 13.2 Å². The van der Waals surface area contributed by atoms with E-state index in [-0.39, 0.29) is 29.0 Å². The number of hydrogen-bond acceptors (Lipinski definition) is 3. The second-order valence-electron chi connectivity index (χ2n) is 4.34. The number of nitrogens with two attached hydrogens (primary N) is 1. The first-order valence-electron chi connectivity index (χ1n) is 5.97. The van der Waals surface area contributed by atoms with Crippen molar-refractivity contribution in [3.8, 4) is 5.75 Å². The SMILES string of the molecule is CC(C)OCCOc1ccc(C(N)=S)c(C(F)(F)F)c1. The highest BCUT2D eigenvalue weighted by molar-refractivity contribution is 7.80. The van der Waals surface area contributed by atoms with Crippen molar-refractivity contribution in [2.24, 2.45) is 5.73 Å². The predicted octanol–water partition coefficient (Wildman–Crippen LogP) is 3.14. The average molecular weight is 307 g/mol. The Bertz CT molecular complexity index is 475. The highest BCUT2D eigenvalue weighted by atomic mass is 32.1. The van der Waals surface area contributed by atoms with Crippen LogP contribution in [0, 0.1) is 0 Å². The molecule has 0 aromatic heterocycles. The van der Waals surface area contributed by atoms with E-state index in [2.05, 4.69) is 12.2 Å². The summed E-state index contributed by atoms with van der Waals surface area (Å²) in [6.45, 7) is 4.19. The summed E-state index contributed by atoms with van der Waals surface area (Å²) in [6, 6.07) is 3.51. The Labute approximate surface area is 120 Å². The molecule has 0 aliphatic rings. The standard InChI is InChI=1S/C13H16F3NO2S/c1-8(2)18-5-6-19-9-3-4-10(12(17)20)11(7-9)13(14,15)16/h3-4,7-8H,5-6H2,1-2H3,(H2,17,20). The summed E-state index contributed by atoms with van der Waals surface area (Å²) < 4.78 is 49.1. The van der Waals surface area contributed by atoms with E-state index in [1.165, 1.54) is 12.1 Å². The minimum Gasteiger partial charge on any atom is -0.491 e. The van der Waals surface area contributed by atoms with E-state index >= 15 is 0 Å². The molecule has 0 radical (unpaired) electrons. The number of hydrogen-bond donors (Lipinski definition) is 1. The van der Waals surface area contributed by atoms with Crippen LogP contribution < -0.4 is 10.5 Å². The lowest BCUT2D eigenvalue weighted by Gasteiger charge is -2.14. The summed E-state index contributed by atoms with van der Waals surface area (Å²) in [4.78, 5) is -0.299. The lowest BCUT2D eigenvalue weighted by Crippen LogP contribution is -2.18. The van der Waals surface area contributed by atoms with Crippen LogP contribution in [0.15, 0.2) is 18.2 Å². The van der Waals surface area contributed by atoms with Crippen molar-refractivity contribution in [1.29, 1.82) is 0 Å². The maximum Gasteiger partial charge on any atom is 0.417 e. The molecule has 0 heterocycles. The first kappa shape index (κ1) is 16.7. The second kappa shape index (κ2) is 6.90. The van der Waals surface area contributed by atoms with Crippen LogP contribution in [-0.2, 0) is 10.9 Å². The van der Waals surface area contributed by atoms with Crippen molar-refractivity contribution in [3.05, 3.63) is 29.3 Å². The number of ether oxygens (including phenoxy) is 2. The minimum atomic E-state index is -4.54. The van der Waals surface area contributed by atoms with Gasteiger partial charge in [0.15, 0.2) is 0 Å². The van der Waals surface area contributed by atoms with Crippen LogP contribution in [0.1, 0.15) is 25.0 Å². The molecule has 112 valence electrons. The Kier molecular flexibility index (Phi) is 5.76. The molecule has 0 aliphatic heterocycles. The zero-order valence-corrected chi connectivity index (χ0v) is 12.0. The van der Waals surface area contributed by atoms with E-state index in [9.17, 15) is 13.2 Å². The Hall–Kier alpha value is -1.34. The van der Waals surface area contributed by atoms with Crippen molar-refractivity contribution in [3.63, 3.8) is 0 Å². The molecular weight excluding hydrogens is 291 g/mol. The van der Waals surface area contributed by atoms with Crippen molar-refractivity contribution < 1.29 is 22.6 Å². The lowest BCUT2D eigenvalue weighted by atomic mass is 10.1. The lowest BCUT2D eigenvalue weighted by molar-refractivity contribution is -0.137. The number of alkyl halides is 3. The van der Waals surface area contributed by atoms with Crippen molar-refractivity contribution in [2.45, 2.75) is 26.1 Å². The molecule has 0 saturated heterocycles. The number of thiocarbonyl (C=S) groups is 1. The molecule has 2 N–H and O–H groups in total. The third-order valence-electron chi connectivity index (χ3n) is 2.37. The summed E-state index contributed by atoms with van der Waals surface area (Å²) in [5.74, 6) is 0.102. The maximum absolute atomic E-state index is 12.9. The molecule has 0 amide bonds. The van der Waals surface area contributed by atoms with E-state index in [0.29, 0.717) is 6.61 Å². The van der Waals surface area contributed by atoms with E-state index in [4.69, 9.17) is 15.2 Å². The van der Waals surface area contributed by atoms with Gasteiger partial charge in [0, 0.05) is 5.56 Å². The van der Waals surface area contributed by atoms with Crippen LogP contribution in [0.25, 0.3) is 0 Å². The molecule has 1 aromatic carbocycles.